The number of alkyl halides is 3. The third kappa shape index (κ3) is 4.13. The molecule has 2 nitrogen and oxygen atoms in total. The average Bonchev–Trinajstić information content (AvgIpc) is 2.48. The molecule has 5 atom stereocenters. The summed E-state index contributed by atoms with van der Waals surface area (Å²) < 4.78 is 39.0. The van der Waals surface area contributed by atoms with Crippen LogP contribution in [0.4, 0.5) is 13.2 Å². The smallest absolute Gasteiger partial charge is 0.271 e. The van der Waals surface area contributed by atoms with Crippen molar-refractivity contribution < 1.29 is 13.2 Å². The van der Waals surface area contributed by atoms with Crippen LogP contribution in [-0.4, -0.2) is 12.2 Å². The van der Waals surface area contributed by atoms with E-state index < -0.39 is 12.1 Å². The maximum atomic E-state index is 13.0. The molecule has 5 heteroatoms. The molecule has 2 aliphatic rings. The second-order valence-corrected chi connectivity index (χ2v) is 6.97. The molecule has 0 amide bonds. The van der Waals surface area contributed by atoms with E-state index in [1.54, 1.807) is 0 Å². The Balaban J connectivity index is 2.05. The molecule has 0 aromatic carbocycles. The first kappa shape index (κ1) is 17.1. The van der Waals surface area contributed by atoms with Gasteiger partial charge in [-0.1, -0.05) is 39.0 Å². The maximum absolute atomic E-state index is 13.0. The summed E-state index contributed by atoms with van der Waals surface area (Å²) in [4.78, 5) is 0. The summed E-state index contributed by atoms with van der Waals surface area (Å²) >= 11 is 0. The first-order chi connectivity index (χ1) is 9.97. The fourth-order valence-corrected chi connectivity index (χ4v) is 4.68. The number of rotatable bonds is 4. The molecule has 0 heterocycles. The van der Waals surface area contributed by atoms with Gasteiger partial charge in [-0.05, 0) is 43.4 Å². The third-order valence-electron chi connectivity index (χ3n) is 5.83. The van der Waals surface area contributed by atoms with Crippen LogP contribution >= 0.6 is 0 Å². The van der Waals surface area contributed by atoms with Crippen molar-refractivity contribution in [3.8, 4) is 0 Å². The minimum absolute atomic E-state index is 0.0559. The normalized spacial score (nSPS) is 36.4. The molecular weight excluding hydrogens is 277 g/mol. The van der Waals surface area contributed by atoms with Crippen LogP contribution in [0, 0.1) is 23.7 Å². The molecule has 0 spiro atoms. The minimum Gasteiger partial charge on any atom is -0.271 e. The Labute approximate surface area is 126 Å². The highest BCUT2D eigenvalue weighted by Crippen LogP contribution is 2.44. The van der Waals surface area contributed by atoms with Crippen molar-refractivity contribution in [1.29, 1.82) is 0 Å². The molecule has 124 valence electrons. The van der Waals surface area contributed by atoms with E-state index in [1.165, 1.54) is 19.3 Å². The zero-order valence-corrected chi connectivity index (χ0v) is 13.0. The van der Waals surface area contributed by atoms with Crippen LogP contribution in [0.3, 0.4) is 0 Å². The van der Waals surface area contributed by atoms with E-state index in [0.717, 1.165) is 19.3 Å². The van der Waals surface area contributed by atoms with Crippen LogP contribution in [-0.2, 0) is 0 Å². The van der Waals surface area contributed by atoms with Gasteiger partial charge < -0.3 is 0 Å². The first-order valence-corrected chi connectivity index (χ1v) is 8.50. The molecule has 3 N–H and O–H groups in total. The molecule has 0 radical (unpaired) electrons. The molecule has 0 aromatic heterocycles. The summed E-state index contributed by atoms with van der Waals surface area (Å²) in [6.45, 7) is 2.19. The third-order valence-corrected chi connectivity index (χ3v) is 5.83. The summed E-state index contributed by atoms with van der Waals surface area (Å²) in [5.74, 6) is 5.79. The van der Waals surface area contributed by atoms with Crippen LogP contribution in [0.5, 0.6) is 0 Å². The molecule has 2 fully saturated rings. The van der Waals surface area contributed by atoms with Crippen LogP contribution < -0.4 is 11.3 Å². The van der Waals surface area contributed by atoms with Gasteiger partial charge in [0.25, 0.3) is 0 Å². The van der Waals surface area contributed by atoms with E-state index >= 15 is 0 Å². The van der Waals surface area contributed by atoms with Crippen molar-refractivity contribution >= 4 is 0 Å². The summed E-state index contributed by atoms with van der Waals surface area (Å²) in [6, 6.07) is 0.0559. The Morgan fingerprint density at radius 3 is 2.43 bits per heavy atom. The number of nitrogens with one attached hydrogen (secondary N) is 1. The highest BCUT2D eigenvalue weighted by Gasteiger charge is 2.45. The van der Waals surface area contributed by atoms with Gasteiger partial charge in [-0.15, -0.1) is 0 Å². The van der Waals surface area contributed by atoms with Crippen molar-refractivity contribution in [2.45, 2.75) is 76.9 Å². The minimum atomic E-state index is -4.05. The lowest BCUT2D eigenvalue weighted by Crippen LogP contribution is -2.50. The highest BCUT2D eigenvalue weighted by molar-refractivity contribution is 4.91. The molecule has 2 aliphatic carbocycles. The summed E-state index contributed by atoms with van der Waals surface area (Å²) in [5, 5.41) is 0. The molecule has 0 aromatic rings. The molecule has 5 unspecified atom stereocenters. The van der Waals surface area contributed by atoms with Gasteiger partial charge in [0.05, 0.1) is 5.92 Å². The quantitative estimate of drug-likeness (QED) is 0.596. The van der Waals surface area contributed by atoms with E-state index in [0.29, 0.717) is 24.7 Å². The van der Waals surface area contributed by atoms with Gasteiger partial charge in [0.1, 0.15) is 0 Å². The zero-order chi connectivity index (χ0) is 15.5. The summed E-state index contributed by atoms with van der Waals surface area (Å²) in [7, 11) is 0. The number of halogens is 3. The van der Waals surface area contributed by atoms with Crippen molar-refractivity contribution in [3.05, 3.63) is 0 Å². The fraction of sp³-hybridized carbons (Fsp3) is 1.00. The van der Waals surface area contributed by atoms with Gasteiger partial charge in [-0.3, -0.25) is 11.3 Å². The zero-order valence-electron chi connectivity index (χ0n) is 13.0. The van der Waals surface area contributed by atoms with E-state index in [1.807, 2.05) is 0 Å². The van der Waals surface area contributed by atoms with Crippen LogP contribution in [0.1, 0.15) is 64.7 Å². The van der Waals surface area contributed by atoms with Crippen LogP contribution in [0.15, 0.2) is 0 Å². The van der Waals surface area contributed by atoms with E-state index in [9.17, 15) is 13.2 Å². The second kappa shape index (κ2) is 7.32. The van der Waals surface area contributed by atoms with Gasteiger partial charge in [-0.2, -0.15) is 13.2 Å². The van der Waals surface area contributed by atoms with Gasteiger partial charge in [0, 0.05) is 6.04 Å². The van der Waals surface area contributed by atoms with Gasteiger partial charge in [0.15, 0.2) is 0 Å². The lowest BCUT2D eigenvalue weighted by atomic mass is 9.67. The number of nitrogens with two attached hydrogens (primary N) is 1. The van der Waals surface area contributed by atoms with Gasteiger partial charge in [0.2, 0.25) is 0 Å². The fourth-order valence-electron chi connectivity index (χ4n) is 4.68. The number of hydrogen-bond donors (Lipinski definition) is 2. The van der Waals surface area contributed by atoms with Crippen molar-refractivity contribution in [2.24, 2.45) is 29.5 Å². The van der Waals surface area contributed by atoms with Crippen molar-refractivity contribution in [3.63, 3.8) is 0 Å². The predicted octanol–water partition coefficient (Wildman–Crippen LogP) is 4.40. The Morgan fingerprint density at radius 1 is 1.10 bits per heavy atom. The molecule has 0 aliphatic heterocycles. The Morgan fingerprint density at radius 2 is 1.81 bits per heavy atom. The molecule has 0 saturated heterocycles. The predicted molar refractivity (Wildman–Crippen MR) is 78.4 cm³/mol. The van der Waals surface area contributed by atoms with E-state index in [-0.39, 0.29) is 18.4 Å². The monoisotopic (exact) mass is 306 g/mol. The Bertz CT molecular complexity index is 319. The largest absolute Gasteiger partial charge is 0.391 e. The van der Waals surface area contributed by atoms with Crippen LogP contribution in [0.25, 0.3) is 0 Å². The number of hydrogen-bond acceptors (Lipinski definition) is 2. The van der Waals surface area contributed by atoms with Crippen molar-refractivity contribution in [2.75, 3.05) is 0 Å². The Hall–Kier alpha value is -0.290. The maximum Gasteiger partial charge on any atom is 0.391 e. The molecule has 2 rings (SSSR count). The number of hydrazine groups is 1. The average molecular weight is 306 g/mol. The first-order valence-electron chi connectivity index (χ1n) is 8.50. The van der Waals surface area contributed by atoms with Gasteiger partial charge >= 0.3 is 6.18 Å². The summed E-state index contributed by atoms with van der Waals surface area (Å²) in [6.07, 6.45) is 3.93. The second-order valence-electron chi connectivity index (χ2n) is 6.97. The van der Waals surface area contributed by atoms with Crippen LogP contribution in [0.2, 0.25) is 0 Å². The lowest BCUT2D eigenvalue weighted by Gasteiger charge is -2.43. The molecule has 2 saturated carbocycles. The van der Waals surface area contributed by atoms with E-state index in [2.05, 4.69) is 12.3 Å². The standard InChI is InChI=1S/C16H29F3N2/c1-2-11-6-3-4-9-14(11)15(21-20)12-7-5-8-13(10-12)16(17,18)19/h11-15,21H,2-10,20H2,1H3. The molecule has 0 bridgehead atoms. The lowest BCUT2D eigenvalue weighted by molar-refractivity contribution is -0.187. The van der Waals surface area contributed by atoms with E-state index in [4.69, 9.17) is 5.84 Å². The summed E-state index contributed by atoms with van der Waals surface area (Å²) in [5.41, 5.74) is 2.91. The van der Waals surface area contributed by atoms with Crippen molar-refractivity contribution in [1.82, 2.24) is 5.43 Å². The Kier molecular flexibility index (Phi) is 5.95. The topological polar surface area (TPSA) is 38.0 Å². The van der Waals surface area contributed by atoms with Gasteiger partial charge in [-0.25, -0.2) is 0 Å². The molecule has 21 heavy (non-hydrogen) atoms. The highest BCUT2D eigenvalue weighted by atomic mass is 19.4. The SMILES string of the molecule is CCC1CCCCC1C(NN)C1CCCC(C(F)(F)F)C1. The molecular formula is C16H29F3N2.